The molecule has 0 fully saturated rings. The molecule has 6 nitrogen and oxygen atoms in total. The molecule has 1 aromatic heterocycles. The van der Waals surface area contributed by atoms with Crippen molar-refractivity contribution in [2.45, 2.75) is 12.5 Å². The number of pyridine rings is 1. The van der Waals surface area contributed by atoms with Crippen LogP contribution in [0.4, 0.5) is 11.5 Å². The highest BCUT2D eigenvalue weighted by Gasteiger charge is 2.28. The zero-order valence-electron chi connectivity index (χ0n) is 13.5. The number of fused-ring (bicyclic) bond motifs is 1. The van der Waals surface area contributed by atoms with Gasteiger partial charge >= 0.3 is 0 Å². The lowest BCUT2D eigenvalue weighted by atomic mass is 10.2. The second-order valence-electron chi connectivity index (χ2n) is 5.65. The Morgan fingerprint density at radius 1 is 1.19 bits per heavy atom. The summed E-state index contributed by atoms with van der Waals surface area (Å²) in [6.07, 6.45) is 6.06. The molecule has 1 unspecified atom stereocenters. The Labute approximate surface area is 160 Å². The number of benzene rings is 1. The van der Waals surface area contributed by atoms with Crippen LogP contribution in [0, 0.1) is 0 Å². The van der Waals surface area contributed by atoms with Crippen molar-refractivity contribution >= 4 is 52.2 Å². The number of ether oxygens (including phenoxy) is 1. The van der Waals surface area contributed by atoms with Crippen molar-refractivity contribution in [3.63, 3.8) is 0 Å². The molecular formula is C18H14ClN5OS. The lowest BCUT2D eigenvalue weighted by molar-refractivity contribution is 0.271. The summed E-state index contributed by atoms with van der Waals surface area (Å²) in [5, 5.41) is 7.23. The van der Waals surface area contributed by atoms with E-state index in [9.17, 15) is 0 Å². The van der Waals surface area contributed by atoms with Crippen molar-refractivity contribution in [2.24, 2.45) is 9.98 Å². The van der Waals surface area contributed by atoms with Crippen LogP contribution in [0.1, 0.15) is 12.0 Å². The molecule has 2 aromatic rings. The van der Waals surface area contributed by atoms with Gasteiger partial charge in [0.15, 0.2) is 17.1 Å². The molecule has 0 bridgehead atoms. The van der Waals surface area contributed by atoms with Gasteiger partial charge in [-0.05, 0) is 48.6 Å². The Morgan fingerprint density at radius 2 is 2.04 bits per heavy atom. The largest absolute Gasteiger partial charge is 0.465 e. The molecule has 2 N–H and O–H groups in total. The van der Waals surface area contributed by atoms with Gasteiger partial charge in [0.05, 0.1) is 0 Å². The third-order valence-corrected chi connectivity index (χ3v) is 4.23. The van der Waals surface area contributed by atoms with Crippen molar-refractivity contribution in [2.75, 3.05) is 10.6 Å². The normalized spacial score (nSPS) is 17.7. The first-order valence-electron chi connectivity index (χ1n) is 7.95. The molecule has 2 aliphatic heterocycles. The number of thiocarbonyl (C=S) groups is 1. The van der Waals surface area contributed by atoms with Gasteiger partial charge in [-0.25, -0.2) is 9.98 Å². The summed E-state index contributed by atoms with van der Waals surface area (Å²) >= 11 is 11.2. The number of nitrogens with one attached hydrogen (secondary N) is 2. The fraction of sp³-hybridized carbons (Fsp3) is 0.111. The van der Waals surface area contributed by atoms with Gasteiger partial charge in [0.1, 0.15) is 5.82 Å². The topological polar surface area (TPSA) is 70.9 Å². The van der Waals surface area contributed by atoms with Crippen LogP contribution in [0.5, 0.6) is 0 Å². The molecule has 4 rings (SSSR count). The first kappa shape index (κ1) is 16.7. The van der Waals surface area contributed by atoms with E-state index in [1.165, 1.54) is 0 Å². The molecule has 1 aromatic carbocycles. The van der Waals surface area contributed by atoms with Crippen molar-refractivity contribution in [1.29, 1.82) is 0 Å². The third-order valence-electron chi connectivity index (χ3n) is 3.77. The van der Waals surface area contributed by atoms with Crippen molar-refractivity contribution in [1.82, 2.24) is 4.98 Å². The third kappa shape index (κ3) is 3.74. The van der Waals surface area contributed by atoms with Crippen LogP contribution in [0.15, 0.2) is 64.9 Å². The van der Waals surface area contributed by atoms with Gasteiger partial charge in [-0.3, -0.25) is 0 Å². The first-order valence-corrected chi connectivity index (χ1v) is 8.74. The van der Waals surface area contributed by atoms with Crippen LogP contribution in [0.2, 0.25) is 5.02 Å². The standard InChI is InChI=1S/C18H14ClN5OS/c19-12-3-5-13(6-4-12)22-18(26)23-15-10-11(7-9-20-15)17-24-16-14(25-17)2-1-8-21-16/h1,3-10,14H,2H2,(H2,20,22,23,26). The molecule has 0 aliphatic carbocycles. The molecule has 2 aliphatic rings. The Morgan fingerprint density at radius 3 is 2.85 bits per heavy atom. The van der Waals surface area contributed by atoms with Crippen LogP contribution in [0.25, 0.3) is 0 Å². The molecular weight excluding hydrogens is 370 g/mol. The molecule has 0 saturated carbocycles. The Hall–Kier alpha value is -2.77. The number of rotatable bonds is 3. The average Bonchev–Trinajstić information content (AvgIpc) is 3.08. The van der Waals surface area contributed by atoms with E-state index < -0.39 is 0 Å². The van der Waals surface area contributed by atoms with Crippen molar-refractivity contribution in [3.8, 4) is 0 Å². The summed E-state index contributed by atoms with van der Waals surface area (Å²) in [6, 6.07) is 10.9. The maximum Gasteiger partial charge on any atom is 0.223 e. The van der Waals surface area contributed by atoms with E-state index in [4.69, 9.17) is 28.6 Å². The molecule has 0 radical (unpaired) electrons. The number of amidine groups is 1. The highest BCUT2D eigenvalue weighted by Crippen LogP contribution is 2.21. The van der Waals surface area contributed by atoms with Crippen LogP contribution < -0.4 is 10.6 Å². The predicted molar refractivity (Wildman–Crippen MR) is 108 cm³/mol. The maximum atomic E-state index is 5.88. The van der Waals surface area contributed by atoms with E-state index in [-0.39, 0.29) is 6.10 Å². The summed E-state index contributed by atoms with van der Waals surface area (Å²) in [5.41, 5.74) is 1.65. The highest BCUT2D eigenvalue weighted by atomic mass is 35.5. The van der Waals surface area contributed by atoms with Gasteiger partial charge in [-0.1, -0.05) is 17.7 Å². The molecule has 26 heavy (non-hydrogen) atoms. The fourth-order valence-electron chi connectivity index (χ4n) is 2.55. The van der Waals surface area contributed by atoms with Crippen LogP contribution in [-0.2, 0) is 4.74 Å². The molecule has 0 amide bonds. The number of nitrogens with zero attached hydrogens (tertiary/aromatic N) is 3. The van der Waals surface area contributed by atoms with Gasteiger partial charge in [-0.2, -0.15) is 4.99 Å². The number of hydrogen-bond donors (Lipinski definition) is 2. The van der Waals surface area contributed by atoms with Crippen LogP contribution >= 0.6 is 23.8 Å². The molecule has 8 heteroatoms. The molecule has 130 valence electrons. The number of halogens is 1. The smallest absolute Gasteiger partial charge is 0.223 e. The molecule has 0 saturated heterocycles. The summed E-state index contributed by atoms with van der Waals surface area (Å²) in [6.45, 7) is 0. The molecule has 0 spiro atoms. The van der Waals surface area contributed by atoms with Crippen LogP contribution in [-0.4, -0.2) is 27.9 Å². The minimum Gasteiger partial charge on any atom is -0.465 e. The maximum absolute atomic E-state index is 5.88. The van der Waals surface area contributed by atoms with Gasteiger partial charge in [-0.15, -0.1) is 0 Å². The molecule has 3 heterocycles. The van der Waals surface area contributed by atoms with E-state index in [2.05, 4.69) is 25.6 Å². The number of anilines is 2. The predicted octanol–water partition coefficient (Wildman–Crippen LogP) is 4.01. The van der Waals surface area contributed by atoms with E-state index in [0.29, 0.717) is 27.7 Å². The highest BCUT2D eigenvalue weighted by molar-refractivity contribution is 7.80. The van der Waals surface area contributed by atoms with Gasteiger partial charge in [0.2, 0.25) is 5.90 Å². The van der Waals surface area contributed by atoms with Crippen molar-refractivity contribution in [3.05, 3.63) is 65.5 Å². The van der Waals surface area contributed by atoms with Crippen molar-refractivity contribution < 1.29 is 4.74 Å². The average molecular weight is 384 g/mol. The zero-order chi connectivity index (χ0) is 17.9. The minimum atomic E-state index is -0.104. The SMILES string of the molecule is S=C(Nc1ccc(Cl)cc1)Nc1cc(C2=NC3=NC=CCC3O2)ccn1. The van der Waals surface area contributed by atoms with Gasteiger partial charge < -0.3 is 15.4 Å². The number of hydrogen-bond acceptors (Lipinski definition) is 5. The van der Waals surface area contributed by atoms with E-state index in [0.717, 1.165) is 17.7 Å². The van der Waals surface area contributed by atoms with E-state index in [1.807, 2.05) is 30.3 Å². The Bertz CT molecular complexity index is 939. The first-order chi connectivity index (χ1) is 12.7. The monoisotopic (exact) mass is 383 g/mol. The Kier molecular flexibility index (Phi) is 4.64. The van der Waals surface area contributed by atoms with E-state index >= 15 is 0 Å². The zero-order valence-corrected chi connectivity index (χ0v) is 15.1. The van der Waals surface area contributed by atoms with Gasteiger partial charge in [0, 0.05) is 35.1 Å². The lowest BCUT2D eigenvalue weighted by Gasteiger charge is -2.12. The number of aromatic nitrogens is 1. The lowest BCUT2D eigenvalue weighted by Crippen LogP contribution is -2.20. The summed E-state index contributed by atoms with van der Waals surface area (Å²) in [4.78, 5) is 13.0. The summed E-state index contributed by atoms with van der Waals surface area (Å²) in [7, 11) is 0. The Balaban J connectivity index is 1.45. The van der Waals surface area contributed by atoms with Gasteiger partial charge in [0.25, 0.3) is 0 Å². The summed E-state index contributed by atoms with van der Waals surface area (Å²) < 4.78 is 5.87. The number of aliphatic imine (C=N–C) groups is 2. The fourth-order valence-corrected chi connectivity index (χ4v) is 2.89. The van der Waals surface area contributed by atoms with E-state index in [1.54, 1.807) is 24.5 Å². The molecule has 1 atom stereocenters. The summed E-state index contributed by atoms with van der Waals surface area (Å²) in [5.74, 6) is 1.84. The minimum absolute atomic E-state index is 0.104. The second kappa shape index (κ2) is 7.23. The quantitative estimate of drug-likeness (QED) is 0.784. The van der Waals surface area contributed by atoms with Crippen LogP contribution in [0.3, 0.4) is 0 Å². The second-order valence-corrected chi connectivity index (χ2v) is 6.49.